The highest BCUT2D eigenvalue weighted by Crippen LogP contribution is 2.49. The molecule has 0 aromatic rings. The van der Waals surface area contributed by atoms with E-state index >= 15 is 0 Å². The van der Waals surface area contributed by atoms with Crippen LogP contribution in [0.25, 0.3) is 0 Å². The first-order chi connectivity index (χ1) is 10.7. The Morgan fingerprint density at radius 3 is 1.95 bits per heavy atom. The molecule has 22 heavy (non-hydrogen) atoms. The van der Waals surface area contributed by atoms with E-state index in [0.29, 0.717) is 0 Å². The minimum absolute atomic E-state index is 0.731. The van der Waals surface area contributed by atoms with Crippen molar-refractivity contribution in [1.29, 1.82) is 0 Å². The Balaban J connectivity index is 1.81. The molecular formula is C22H42. The van der Waals surface area contributed by atoms with E-state index in [2.05, 4.69) is 20.8 Å². The molecule has 0 heterocycles. The van der Waals surface area contributed by atoms with Crippen LogP contribution in [-0.2, 0) is 0 Å². The van der Waals surface area contributed by atoms with Crippen LogP contribution >= 0.6 is 0 Å². The summed E-state index contributed by atoms with van der Waals surface area (Å²) in [7, 11) is 0. The molecule has 2 rings (SSSR count). The molecule has 2 fully saturated rings. The van der Waals surface area contributed by atoms with Gasteiger partial charge in [-0.1, -0.05) is 91.4 Å². The monoisotopic (exact) mass is 306 g/mol. The van der Waals surface area contributed by atoms with Gasteiger partial charge >= 0.3 is 0 Å². The largest absolute Gasteiger partial charge is 0.0654 e. The third-order valence-electron chi connectivity index (χ3n) is 7.33. The average Bonchev–Trinajstić information content (AvgIpc) is 2.56. The zero-order valence-corrected chi connectivity index (χ0v) is 15.8. The molecule has 0 radical (unpaired) electrons. The maximum absolute atomic E-state index is 2.58. The van der Waals surface area contributed by atoms with E-state index in [1.807, 2.05) is 0 Å². The smallest absolute Gasteiger partial charge is 0.0272 e. The Morgan fingerprint density at radius 1 is 0.818 bits per heavy atom. The van der Waals surface area contributed by atoms with Crippen LogP contribution in [0, 0.1) is 23.2 Å². The molecule has 0 saturated heterocycles. The van der Waals surface area contributed by atoms with Crippen LogP contribution in [0.3, 0.4) is 0 Å². The molecule has 0 nitrogen and oxygen atoms in total. The van der Waals surface area contributed by atoms with Crippen molar-refractivity contribution in [3.8, 4) is 0 Å². The molecule has 0 N–H and O–H groups in total. The number of hydrogen-bond acceptors (Lipinski definition) is 0. The molecule has 1 atom stereocenters. The van der Waals surface area contributed by atoms with Gasteiger partial charge in [0.25, 0.3) is 0 Å². The van der Waals surface area contributed by atoms with Crippen molar-refractivity contribution < 1.29 is 0 Å². The second-order valence-corrected chi connectivity index (χ2v) is 8.83. The summed E-state index contributed by atoms with van der Waals surface area (Å²) >= 11 is 0. The Morgan fingerprint density at radius 2 is 1.41 bits per heavy atom. The molecule has 0 spiro atoms. The molecule has 0 aliphatic heterocycles. The van der Waals surface area contributed by atoms with Gasteiger partial charge in [0.1, 0.15) is 0 Å². The van der Waals surface area contributed by atoms with E-state index < -0.39 is 0 Å². The Kier molecular flexibility index (Phi) is 7.78. The highest BCUT2D eigenvalue weighted by molar-refractivity contribution is 4.88. The van der Waals surface area contributed by atoms with E-state index in [1.165, 1.54) is 57.8 Å². The van der Waals surface area contributed by atoms with E-state index in [4.69, 9.17) is 0 Å². The van der Waals surface area contributed by atoms with Crippen LogP contribution in [0.15, 0.2) is 0 Å². The molecule has 0 bridgehead atoms. The van der Waals surface area contributed by atoms with Crippen molar-refractivity contribution in [2.24, 2.45) is 23.2 Å². The fourth-order valence-corrected chi connectivity index (χ4v) is 5.69. The predicted molar refractivity (Wildman–Crippen MR) is 99.2 cm³/mol. The minimum atomic E-state index is 0.731. The first kappa shape index (κ1) is 18.3. The van der Waals surface area contributed by atoms with Crippen LogP contribution in [0.1, 0.15) is 117 Å². The first-order valence-corrected chi connectivity index (χ1v) is 10.7. The van der Waals surface area contributed by atoms with Crippen molar-refractivity contribution in [2.75, 3.05) is 0 Å². The lowest BCUT2D eigenvalue weighted by Crippen LogP contribution is -2.32. The average molecular weight is 307 g/mol. The van der Waals surface area contributed by atoms with Crippen LogP contribution in [0.5, 0.6) is 0 Å². The number of hydrogen-bond donors (Lipinski definition) is 0. The van der Waals surface area contributed by atoms with E-state index in [0.717, 1.165) is 23.2 Å². The summed E-state index contributed by atoms with van der Waals surface area (Å²) in [5.41, 5.74) is 0.731. The van der Waals surface area contributed by atoms with Crippen molar-refractivity contribution in [3.05, 3.63) is 0 Å². The van der Waals surface area contributed by atoms with Crippen molar-refractivity contribution in [1.82, 2.24) is 0 Å². The summed E-state index contributed by atoms with van der Waals surface area (Å²) in [5.74, 6) is 3.11. The molecule has 0 aromatic carbocycles. The van der Waals surface area contributed by atoms with Gasteiger partial charge in [-0.2, -0.15) is 0 Å². The minimum Gasteiger partial charge on any atom is -0.0654 e. The lowest BCUT2D eigenvalue weighted by atomic mass is 9.62. The topological polar surface area (TPSA) is 0 Å². The highest BCUT2D eigenvalue weighted by Gasteiger charge is 2.37. The molecule has 2 aliphatic rings. The van der Waals surface area contributed by atoms with Crippen LogP contribution in [0.4, 0.5) is 0 Å². The molecule has 2 aliphatic carbocycles. The van der Waals surface area contributed by atoms with E-state index in [1.54, 1.807) is 38.5 Å². The van der Waals surface area contributed by atoms with Gasteiger partial charge in [-0.3, -0.25) is 0 Å². The van der Waals surface area contributed by atoms with Crippen molar-refractivity contribution >= 4 is 0 Å². The fraction of sp³-hybridized carbons (Fsp3) is 1.00. The van der Waals surface area contributed by atoms with Crippen LogP contribution in [-0.4, -0.2) is 0 Å². The number of rotatable bonds is 8. The second-order valence-electron chi connectivity index (χ2n) is 8.83. The first-order valence-electron chi connectivity index (χ1n) is 10.7. The van der Waals surface area contributed by atoms with Gasteiger partial charge in [0.2, 0.25) is 0 Å². The van der Waals surface area contributed by atoms with Gasteiger partial charge in [0.15, 0.2) is 0 Å². The SMILES string of the molecule is CCCC(C)C1(CC[C@H]2CC[C@H](CCC)CC2)CCCCC1. The van der Waals surface area contributed by atoms with Gasteiger partial charge in [-0.15, -0.1) is 0 Å². The summed E-state index contributed by atoms with van der Waals surface area (Å²) in [6.07, 6.45) is 22.6. The van der Waals surface area contributed by atoms with Gasteiger partial charge in [-0.25, -0.2) is 0 Å². The van der Waals surface area contributed by atoms with Crippen LogP contribution in [0.2, 0.25) is 0 Å². The Bertz CT molecular complexity index is 278. The maximum atomic E-state index is 2.58. The van der Waals surface area contributed by atoms with E-state index in [9.17, 15) is 0 Å². The van der Waals surface area contributed by atoms with Gasteiger partial charge < -0.3 is 0 Å². The van der Waals surface area contributed by atoms with Crippen LogP contribution < -0.4 is 0 Å². The van der Waals surface area contributed by atoms with E-state index in [-0.39, 0.29) is 0 Å². The zero-order valence-electron chi connectivity index (χ0n) is 15.8. The summed E-state index contributed by atoms with van der Waals surface area (Å²) < 4.78 is 0. The molecule has 1 unspecified atom stereocenters. The van der Waals surface area contributed by atoms with Gasteiger partial charge in [0, 0.05) is 0 Å². The molecular weight excluding hydrogens is 264 g/mol. The highest BCUT2D eigenvalue weighted by atomic mass is 14.4. The third-order valence-corrected chi connectivity index (χ3v) is 7.33. The summed E-state index contributed by atoms with van der Waals surface area (Å²) in [4.78, 5) is 0. The molecule has 0 heteroatoms. The van der Waals surface area contributed by atoms with Gasteiger partial charge in [-0.05, 0) is 48.9 Å². The fourth-order valence-electron chi connectivity index (χ4n) is 5.69. The molecule has 2 saturated carbocycles. The lowest BCUT2D eigenvalue weighted by Gasteiger charge is -2.44. The van der Waals surface area contributed by atoms with Crippen molar-refractivity contribution in [2.45, 2.75) is 117 Å². The van der Waals surface area contributed by atoms with Crippen molar-refractivity contribution in [3.63, 3.8) is 0 Å². The molecule has 0 amide bonds. The lowest BCUT2D eigenvalue weighted by molar-refractivity contribution is 0.0739. The normalized spacial score (nSPS) is 30.1. The second kappa shape index (κ2) is 9.33. The molecule has 0 aromatic heterocycles. The quantitative estimate of drug-likeness (QED) is 0.430. The summed E-state index contributed by atoms with van der Waals surface area (Å²) in [6.45, 7) is 7.31. The third kappa shape index (κ3) is 5.00. The summed E-state index contributed by atoms with van der Waals surface area (Å²) in [5, 5.41) is 0. The molecule has 130 valence electrons. The Hall–Kier alpha value is 0. The summed E-state index contributed by atoms with van der Waals surface area (Å²) in [6, 6.07) is 0. The standard InChI is InChI=1S/C22H42/c1-4-9-19(3)22(16-7-6-8-17-22)18-15-21-13-11-20(10-5-2)12-14-21/h19-21H,4-18H2,1-3H3/t19?,20-,21-. The predicted octanol–water partition coefficient (Wildman–Crippen LogP) is 7.76. The maximum Gasteiger partial charge on any atom is -0.0272 e. The van der Waals surface area contributed by atoms with Gasteiger partial charge in [0.05, 0.1) is 0 Å². The zero-order chi connectivity index (χ0) is 15.8. The Labute approximate surface area is 140 Å².